The fraction of sp³-hybridized carbons (Fsp3) is 0.357. The highest BCUT2D eigenvalue weighted by Gasteiger charge is 2.16. The summed E-state index contributed by atoms with van der Waals surface area (Å²) in [4.78, 5) is 8.07. The SMILES string of the molecule is CC(OC(=S)n1ccnc1)[C@@H](C)Cc1cccnc1. The normalized spacial score (nSPS) is 13.8. The third-order valence-electron chi connectivity index (χ3n) is 3.08. The monoisotopic (exact) mass is 275 g/mol. The zero-order chi connectivity index (χ0) is 13.7. The Kier molecular flexibility index (Phi) is 4.63. The first-order valence-electron chi connectivity index (χ1n) is 6.24. The average molecular weight is 275 g/mol. The molecule has 0 spiro atoms. The van der Waals surface area contributed by atoms with E-state index in [1.807, 2.05) is 19.2 Å². The molecule has 0 amide bonds. The summed E-state index contributed by atoms with van der Waals surface area (Å²) in [5.41, 5.74) is 1.21. The minimum absolute atomic E-state index is 0.0371. The number of hydrogen-bond donors (Lipinski definition) is 0. The van der Waals surface area contributed by atoms with E-state index in [9.17, 15) is 0 Å². The lowest BCUT2D eigenvalue weighted by Crippen LogP contribution is -2.25. The van der Waals surface area contributed by atoms with Gasteiger partial charge in [-0.05, 0) is 43.1 Å². The third-order valence-corrected chi connectivity index (χ3v) is 3.39. The molecule has 0 saturated carbocycles. The van der Waals surface area contributed by atoms with Crippen molar-refractivity contribution in [1.29, 1.82) is 0 Å². The van der Waals surface area contributed by atoms with Gasteiger partial charge in [-0.1, -0.05) is 13.0 Å². The Labute approximate surface area is 118 Å². The van der Waals surface area contributed by atoms with Crippen molar-refractivity contribution in [3.05, 3.63) is 48.8 Å². The van der Waals surface area contributed by atoms with E-state index < -0.39 is 0 Å². The molecule has 2 heterocycles. The van der Waals surface area contributed by atoms with Gasteiger partial charge in [-0.25, -0.2) is 4.98 Å². The maximum atomic E-state index is 5.76. The van der Waals surface area contributed by atoms with E-state index >= 15 is 0 Å². The lowest BCUT2D eigenvalue weighted by Gasteiger charge is -2.21. The molecule has 2 aromatic heterocycles. The number of imidazole rings is 1. The van der Waals surface area contributed by atoms with E-state index in [-0.39, 0.29) is 6.10 Å². The van der Waals surface area contributed by atoms with Gasteiger partial charge in [-0.2, -0.15) is 0 Å². The lowest BCUT2D eigenvalue weighted by molar-refractivity contribution is 0.146. The quantitative estimate of drug-likeness (QED) is 0.804. The van der Waals surface area contributed by atoms with Gasteiger partial charge in [0.2, 0.25) is 0 Å². The molecule has 4 nitrogen and oxygen atoms in total. The summed E-state index contributed by atoms with van der Waals surface area (Å²) in [5.74, 6) is 0.352. The van der Waals surface area contributed by atoms with Crippen molar-refractivity contribution in [2.45, 2.75) is 26.4 Å². The van der Waals surface area contributed by atoms with Gasteiger partial charge in [0.05, 0.1) is 0 Å². The maximum absolute atomic E-state index is 5.76. The van der Waals surface area contributed by atoms with E-state index in [0.717, 1.165) is 6.42 Å². The smallest absolute Gasteiger partial charge is 0.269 e. The number of nitrogens with zero attached hydrogens (tertiary/aromatic N) is 3. The molecule has 0 radical (unpaired) electrons. The molecular formula is C14H17N3OS. The van der Waals surface area contributed by atoms with Crippen LogP contribution in [0, 0.1) is 5.92 Å². The van der Waals surface area contributed by atoms with Crippen molar-refractivity contribution in [2.75, 3.05) is 0 Å². The molecule has 1 unspecified atom stereocenters. The van der Waals surface area contributed by atoms with Gasteiger partial charge in [0.1, 0.15) is 12.4 Å². The number of thiocarbonyl (C=S) groups is 1. The molecule has 0 bridgehead atoms. The Morgan fingerprint density at radius 2 is 2.21 bits per heavy atom. The standard InChI is InChI=1S/C14H17N3OS/c1-11(8-13-4-3-5-15-9-13)12(2)18-14(19)17-7-6-16-10-17/h3-7,9-12H,8H2,1-2H3/t11-,12?/m0/s1. The molecule has 0 aliphatic rings. The molecule has 2 rings (SSSR count). The van der Waals surface area contributed by atoms with Crippen LogP contribution >= 0.6 is 12.2 Å². The molecule has 2 aromatic rings. The summed E-state index contributed by atoms with van der Waals surface area (Å²) < 4.78 is 7.46. The fourth-order valence-electron chi connectivity index (χ4n) is 1.76. The Morgan fingerprint density at radius 1 is 1.37 bits per heavy atom. The van der Waals surface area contributed by atoms with E-state index in [0.29, 0.717) is 11.1 Å². The van der Waals surface area contributed by atoms with Gasteiger partial charge >= 0.3 is 0 Å². The zero-order valence-corrected chi connectivity index (χ0v) is 11.9. The minimum atomic E-state index is 0.0371. The topological polar surface area (TPSA) is 39.9 Å². The highest BCUT2D eigenvalue weighted by molar-refractivity contribution is 7.80. The van der Waals surface area contributed by atoms with Crippen molar-refractivity contribution in [1.82, 2.24) is 14.5 Å². The molecule has 5 heteroatoms. The third kappa shape index (κ3) is 3.86. The van der Waals surface area contributed by atoms with E-state index in [4.69, 9.17) is 17.0 Å². The van der Waals surface area contributed by atoms with Crippen LogP contribution in [0.1, 0.15) is 19.4 Å². The van der Waals surface area contributed by atoms with Crippen LogP contribution in [0.15, 0.2) is 43.2 Å². The van der Waals surface area contributed by atoms with Crippen molar-refractivity contribution in [3.63, 3.8) is 0 Å². The molecule has 0 aliphatic heterocycles. The molecule has 0 fully saturated rings. The van der Waals surface area contributed by atoms with Gasteiger partial charge in [0, 0.05) is 24.8 Å². The summed E-state index contributed by atoms with van der Waals surface area (Å²) in [5, 5.41) is 0.433. The van der Waals surface area contributed by atoms with E-state index in [1.165, 1.54) is 5.56 Å². The number of ether oxygens (including phenoxy) is 1. The largest absolute Gasteiger partial charge is 0.467 e. The van der Waals surface area contributed by atoms with Crippen LogP contribution in [0.4, 0.5) is 0 Å². The van der Waals surface area contributed by atoms with Crippen molar-refractivity contribution in [3.8, 4) is 0 Å². The Bertz CT molecular complexity index is 513. The number of aromatic nitrogens is 3. The van der Waals surface area contributed by atoms with Crippen molar-refractivity contribution < 1.29 is 4.74 Å². The number of rotatable bonds is 4. The average Bonchev–Trinajstić information content (AvgIpc) is 2.93. The van der Waals surface area contributed by atoms with Gasteiger partial charge in [0.25, 0.3) is 5.17 Å². The molecule has 0 saturated heterocycles. The first-order chi connectivity index (χ1) is 9.16. The van der Waals surface area contributed by atoms with Crippen LogP contribution in [-0.4, -0.2) is 25.8 Å². The van der Waals surface area contributed by atoms with Crippen LogP contribution in [0.5, 0.6) is 0 Å². The Morgan fingerprint density at radius 3 is 2.84 bits per heavy atom. The second-order valence-electron chi connectivity index (χ2n) is 4.60. The van der Waals surface area contributed by atoms with Gasteiger partial charge in [-0.3, -0.25) is 9.55 Å². The predicted octanol–water partition coefficient (Wildman–Crippen LogP) is 2.70. The Hall–Kier alpha value is -1.75. The van der Waals surface area contributed by atoms with Crippen LogP contribution < -0.4 is 0 Å². The highest BCUT2D eigenvalue weighted by atomic mass is 32.1. The minimum Gasteiger partial charge on any atom is -0.467 e. The summed E-state index contributed by atoms with van der Waals surface area (Å²) in [6.07, 6.45) is 9.72. The molecule has 0 aliphatic carbocycles. The fourth-order valence-corrected chi connectivity index (χ4v) is 2.02. The summed E-state index contributed by atoms with van der Waals surface area (Å²) >= 11 is 5.22. The van der Waals surface area contributed by atoms with Crippen LogP contribution in [0.25, 0.3) is 0 Å². The molecule has 100 valence electrons. The first kappa shape index (κ1) is 13.7. The first-order valence-corrected chi connectivity index (χ1v) is 6.65. The highest BCUT2D eigenvalue weighted by Crippen LogP contribution is 2.14. The molecule has 2 atom stereocenters. The summed E-state index contributed by atoms with van der Waals surface area (Å²) in [7, 11) is 0. The second kappa shape index (κ2) is 6.43. The molecule has 0 aromatic carbocycles. The van der Waals surface area contributed by atoms with E-state index in [2.05, 4.69) is 23.0 Å². The van der Waals surface area contributed by atoms with Crippen LogP contribution in [-0.2, 0) is 11.2 Å². The van der Waals surface area contributed by atoms with Gasteiger partial charge in [0.15, 0.2) is 0 Å². The van der Waals surface area contributed by atoms with Crippen molar-refractivity contribution in [2.24, 2.45) is 5.92 Å². The zero-order valence-electron chi connectivity index (χ0n) is 11.1. The maximum Gasteiger partial charge on any atom is 0.269 e. The molecule has 0 N–H and O–H groups in total. The van der Waals surface area contributed by atoms with E-state index in [1.54, 1.807) is 29.5 Å². The molecular weight excluding hydrogens is 258 g/mol. The van der Waals surface area contributed by atoms with Crippen LogP contribution in [0.2, 0.25) is 0 Å². The lowest BCUT2D eigenvalue weighted by atomic mass is 9.98. The number of pyridine rings is 1. The second-order valence-corrected chi connectivity index (χ2v) is 4.95. The van der Waals surface area contributed by atoms with Crippen LogP contribution in [0.3, 0.4) is 0 Å². The Balaban J connectivity index is 1.89. The molecule has 19 heavy (non-hydrogen) atoms. The van der Waals surface area contributed by atoms with Gasteiger partial charge in [-0.15, -0.1) is 0 Å². The predicted molar refractivity (Wildman–Crippen MR) is 77.9 cm³/mol. The summed E-state index contributed by atoms with van der Waals surface area (Å²) in [6, 6.07) is 4.02. The summed E-state index contributed by atoms with van der Waals surface area (Å²) in [6.45, 7) is 4.18. The van der Waals surface area contributed by atoms with Gasteiger partial charge < -0.3 is 4.74 Å². The number of hydrogen-bond acceptors (Lipinski definition) is 4. The van der Waals surface area contributed by atoms with Crippen molar-refractivity contribution >= 4 is 17.4 Å².